The van der Waals surface area contributed by atoms with Crippen molar-refractivity contribution in [3.63, 3.8) is 0 Å². The van der Waals surface area contributed by atoms with Crippen LogP contribution in [0.5, 0.6) is 0 Å². The van der Waals surface area contributed by atoms with Gasteiger partial charge < -0.3 is 24.0 Å². The number of unbranched alkanes of at least 4 members (excludes halogenated alkanes) is 8. The molecule has 0 saturated carbocycles. The van der Waals surface area contributed by atoms with Crippen LogP contribution in [-0.2, 0) is 36.6 Å². The zero-order chi connectivity index (χ0) is 14.2. The summed E-state index contributed by atoms with van der Waals surface area (Å²) in [5.41, 5.74) is 0. The van der Waals surface area contributed by atoms with Gasteiger partial charge in [-0.15, -0.1) is 0 Å². The summed E-state index contributed by atoms with van der Waals surface area (Å²) in [5, 5.41) is 10.1. The maximum Gasteiger partial charge on any atom is 2.00 e. The first kappa shape index (κ1) is 24.1. The first-order chi connectivity index (χ1) is 8.50. The summed E-state index contributed by atoms with van der Waals surface area (Å²) in [7, 11) is -3.63. The van der Waals surface area contributed by atoms with Gasteiger partial charge in [0.25, 0.3) is 0 Å². The number of carboxylic acid groups (broad SMARTS) is 1. The van der Waals surface area contributed by atoms with Gasteiger partial charge in [-0.1, -0.05) is 58.3 Å². The van der Waals surface area contributed by atoms with Crippen molar-refractivity contribution in [3.8, 4) is 0 Å². The van der Waals surface area contributed by atoms with Crippen LogP contribution < -0.4 is 14.7 Å². The van der Waals surface area contributed by atoms with Crippen molar-refractivity contribution < 1.29 is 51.3 Å². The first-order valence-electron chi connectivity index (χ1n) is 6.58. The number of hydrogen-bond donors (Lipinski definition) is 0. The molecule has 0 aliphatic carbocycles. The number of rotatable bonds is 10. The van der Waals surface area contributed by atoms with Crippen molar-refractivity contribution in [3.05, 3.63) is 0 Å². The molecule has 0 heterocycles. The van der Waals surface area contributed by atoms with Crippen LogP contribution in [0, 0.1) is 0 Å². The summed E-state index contributed by atoms with van der Waals surface area (Å²) >= 11 is 0. The smallest absolute Gasteiger partial charge is 0.672 e. The van der Waals surface area contributed by atoms with E-state index in [1.165, 1.54) is 44.9 Å². The van der Waals surface area contributed by atoms with E-state index in [9.17, 15) is 9.90 Å². The van der Waals surface area contributed by atoms with Crippen molar-refractivity contribution in [2.24, 2.45) is 0 Å². The Labute approximate surface area is 137 Å². The average molecular weight is 388 g/mol. The van der Waals surface area contributed by atoms with Crippen LogP contribution in [0.4, 0.5) is 0 Å². The van der Waals surface area contributed by atoms with Crippen LogP contribution in [0.25, 0.3) is 0 Å². The van der Waals surface area contributed by atoms with E-state index in [-0.39, 0.29) is 33.7 Å². The van der Waals surface area contributed by atoms with Crippen LogP contribution in [0.3, 0.4) is 0 Å². The van der Waals surface area contributed by atoms with Crippen LogP contribution in [0.2, 0.25) is 0 Å². The zero-order valence-electron chi connectivity index (χ0n) is 11.8. The Kier molecular flexibility index (Phi) is 25.7. The van der Waals surface area contributed by atoms with Crippen molar-refractivity contribution in [2.45, 2.75) is 71.1 Å². The van der Waals surface area contributed by atoms with Crippen molar-refractivity contribution in [1.82, 2.24) is 0 Å². The molecular weight excluding hydrogens is 365 g/mol. The van der Waals surface area contributed by atoms with Crippen molar-refractivity contribution >= 4 is 15.1 Å². The fourth-order valence-electron chi connectivity index (χ4n) is 1.58. The van der Waals surface area contributed by atoms with Gasteiger partial charge in [-0.2, -0.15) is 0 Å². The summed E-state index contributed by atoms with van der Waals surface area (Å²) in [4.78, 5) is 27.1. The van der Waals surface area contributed by atoms with E-state index in [1.54, 1.807) is 0 Å². The molecule has 0 unspecified atom stereocenters. The van der Waals surface area contributed by atoms with Gasteiger partial charge in [0, 0.05) is 15.1 Å². The molecule has 0 radical (unpaired) electrons. The average Bonchev–Trinajstić information content (AvgIpc) is 2.26. The Morgan fingerprint density at radius 2 is 1.21 bits per heavy atom. The fourth-order valence-corrected chi connectivity index (χ4v) is 1.58. The second kappa shape index (κ2) is 20.3. The second-order valence-corrected chi connectivity index (χ2v) is 4.70. The molecular formula is C12H23CdO5Si-. The number of aliphatic carboxylic acids is 1. The molecule has 0 amide bonds. The predicted octanol–water partition coefficient (Wildman–Crippen LogP) is -0.223. The van der Waals surface area contributed by atoms with Gasteiger partial charge in [0.2, 0.25) is 0 Å². The molecule has 0 spiro atoms. The molecule has 0 aromatic heterocycles. The van der Waals surface area contributed by atoms with E-state index in [0.717, 1.165) is 12.8 Å². The minimum absolute atomic E-state index is 0. The molecule has 0 rings (SSSR count). The van der Waals surface area contributed by atoms with Crippen LogP contribution >= 0.6 is 0 Å². The molecule has 0 aromatic rings. The van der Waals surface area contributed by atoms with Crippen molar-refractivity contribution in [1.29, 1.82) is 0 Å². The largest absolute Gasteiger partial charge is 2.00 e. The molecule has 5 nitrogen and oxygen atoms in total. The molecule has 7 heteroatoms. The molecule has 0 N–H and O–H groups in total. The molecule has 0 aliphatic rings. The molecule has 19 heavy (non-hydrogen) atoms. The van der Waals surface area contributed by atoms with E-state index in [2.05, 4.69) is 6.92 Å². The van der Waals surface area contributed by atoms with Crippen LogP contribution in [0.1, 0.15) is 71.1 Å². The van der Waals surface area contributed by atoms with Gasteiger partial charge in [-0.05, 0) is 12.8 Å². The van der Waals surface area contributed by atoms with Gasteiger partial charge >= 0.3 is 27.3 Å². The molecule has 0 aliphatic heterocycles. The van der Waals surface area contributed by atoms with E-state index < -0.39 is 15.1 Å². The van der Waals surface area contributed by atoms with Gasteiger partial charge in [-0.25, -0.2) is 0 Å². The van der Waals surface area contributed by atoms with Gasteiger partial charge in [0.15, 0.2) is 0 Å². The number of carbonyl (C=O) groups is 1. The fraction of sp³-hybridized carbons (Fsp3) is 0.917. The summed E-state index contributed by atoms with van der Waals surface area (Å²) in [5.74, 6) is -0.909. The predicted molar refractivity (Wildman–Crippen MR) is 63.3 cm³/mol. The molecule has 0 bridgehead atoms. The molecule has 0 aromatic carbocycles. The van der Waals surface area contributed by atoms with E-state index >= 15 is 0 Å². The molecule has 108 valence electrons. The third-order valence-corrected chi connectivity index (χ3v) is 2.48. The first-order valence-corrected chi connectivity index (χ1v) is 7.81. The summed E-state index contributed by atoms with van der Waals surface area (Å²) in [6.45, 7) is 2.22. The molecule has 0 atom stereocenters. The number of carbonyl (C=O) groups excluding carboxylic acids is 1. The summed E-state index contributed by atoms with van der Waals surface area (Å²) < 4.78 is 8.52. The normalized spacial score (nSPS) is 8.89. The number of hydrogen-bond acceptors (Lipinski definition) is 5. The summed E-state index contributed by atoms with van der Waals surface area (Å²) in [6, 6.07) is 0. The topological polar surface area (TPSA) is 103 Å². The standard InChI is InChI=1S/C12H24O2.Cd.O3Si/c1-2-3-4-5-6-7-8-9-10-11-12(13)14;;1-4(2)3/h2-11H2,1H3,(H,13,14);;/q;+2;-2/p-1. The van der Waals surface area contributed by atoms with Gasteiger partial charge in [0.05, 0.1) is 0 Å². The maximum absolute atomic E-state index is 10.1. The number of carboxylic acids is 1. The summed E-state index contributed by atoms with van der Waals surface area (Å²) in [6.07, 6.45) is 11.2. The van der Waals surface area contributed by atoms with E-state index in [1.807, 2.05) is 0 Å². The quantitative estimate of drug-likeness (QED) is 0.380. The van der Waals surface area contributed by atoms with Gasteiger partial charge in [-0.3, -0.25) is 0 Å². The molecule has 0 fully saturated rings. The van der Waals surface area contributed by atoms with Crippen LogP contribution in [0.15, 0.2) is 0 Å². The second-order valence-electron chi connectivity index (χ2n) is 4.20. The Bertz CT molecular complexity index is 210. The minimum atomic E-state index is -3.63. The third kappa shape index (κ3) is 38.1. The Morgan fingerprint density at radius 3 is 1.53 bits per heavy atom. The molecule has 0 saturated heterocycles. The third-order valence-electron chi connectivity index (χ3n) is 2.48. The maximum atomic E-state index is 10.1. The Balaban J connectivity index is -0.000000448. The zero-order valence-corrected chi connectivity index (χ0v) is 16.9. The monoisotopic (exact) mass is 389 g/mol. The van der Waals surface area contributed by atoms with Crippen molar-refractivity contribution in [2.75, 3.05) is 0 Å². The Morgan fingerprint density at radius 1 is 0.895 bits per heavy atom. The van der Waals surface area contributed by atoms with Gasteiger partial charge in [0.1, 0.15) is 0 Å². The minimum Gasteiger partial charge on any atom is -0.672 e. The SMILES string of the molecule is CCCCCCCCCCCC(=O)[O-].O=[Si]([O-])[O-].[Cd+2]. The van der Waals surface area contributed by atoms with E-state index in [4.69, 9.17) is 14.1 Å². The van der Waals surface area contributed by atoms with E-state index in [0.29, 0.717) is 0 Å². The Hall–Kier alpha value is 0.00896. The van der Waals surface area contributed by atoms with Crippen LogP contribution in [-0.4, -0.2) is 15.1 Å².